The molecule has 0 unspecified atom stereocenters. The van der Waals surface area contributed by atoms with E-state index in [1.54, 1.807) is 0 Å². The third-order valence-electron chi connectivity index (χ3n) is 0. The molecule has 0 heterocycles. The monoisotopic (exact) mass is 250 g/mol. The summed E-state index contributed by atoms with van der Waals surface area (Å²) in [6.07, 6.45) is 0. The molecule has 0 fully saturated rings. The van der Waals surface area contributed by atoms with Crippen LogP contribution >= 0.6 is 0 Å². The van der Waals surface area contributed by atoms with Crippen LogP contribution in [0.3, 0.4) is 0 Å². The maximum absolute atomic E-state index is 8.68. The Kier molecular flexibility index (Phi) is 7.31. The maximum atomic E-state index is 8.68. The van der Waals surface area contributed by atoms with E-state index < -0.39 is 21.1 Å². The van der Waals surface area contributed by atoms with Crippen LogP contribution < -0.4 is 27.9 Å². The molecule has 1 N–H and O–H groups in total. The molecule has 5 heteroatoms. The highest BCUT2D eigenvalue weighted by Crippen LogP contribution is 1.73. The Morgan fingerprint density at radius 2 is 1.11 bits per heavy atom. The quantitative estimate of drug-likeness (QED) is 0.344. The first kappa shape index (κ1) is 12.3. The molecule has 0 aromatic heterocycles. The Hall–Kier alpha value is 0.570. The molecule has 0 aliphatic rings. The topological polar surface area (TPSA) is 66.3 Å². The van der Waals surface area contributed by atoms with E-state index in [0.29, 0.717) is 0 Å². The van der Waals surface area contributed by atoms with Gasteiger partial charge in [0.05, 0.1) is 28.2 Å². The van der Waals surface area contributed by atoms with Crippen LogP contribution in [0.15, 0.2) is 0 Å². The van der Waals surface area contributed by atoms with Crippen molar-refractivity contribution in [2.75, 3.05) is 28.2 Å². The van der Waals surface area contributed by atoms with Gasteiger partial charge in [0.15, 0.2) is 0 Å². The molecule has 0 rings (SSSR count). The first-order valence-corrected chi connectivity index (χ1v) is 4.99. The van der Waals surface area contributed by atoms with Crippen LogP contribution in [0, 0.1) is 0 Å². The summed E-state index contributed by atoms with van der Waals surface area (Å²) >= 11 is -3.76. The lowest BCUT2D eigenvalue weighted by atomic mass is 10.8. The van der Waals surface area contributed by atoms with Gasteiger partial charge in [0.2, 0.25) is 0 Å². The van der Waals surface area contributed by atoms with Crippen molar-refractivity contribution >= 4 is 0 Å². The lowest BCUT2D eigenvalue weighted by Gasteiger charge is -2.14. The van der Waals surface area contributed by atoms with Crippen molar-refractivity contribution < 1.29 is 35.9 Å². The molecule has 0 aliphatic carbocycles. The molecular formula is C4H13INO3+. The predicted octanol–water partition coefficient (Wildman–Crippen LogP) is -5.61. The number of hydrogen-bond donors (Lipinski definition) is 1. The largest absolute Gasteiger partial charge is 0.503 e. The number of rotatable bonds is 0. The highest BCUT2D eigenvalue weighted by atomic mass is 127. The zero-order valence-electron chi connectivity index (χ0n) is 6.09. The fourth-order valence-corrected chi connectivity index (χ4v) is 0. The molecule has 0 aromatic rings. The molecule has 4 nitrogen and oxygen atoms in total. The number of halogens is 1. The summed E-state index contributed by atoms with van der Waals surface area (Å²) in [5.74, 6) is 0. The minimum absolute atomic E-state index is 1.00. The van der Waals surface area contributed by atoms with Gasteiger partial charge in [-0.3, -0.25) is 0 Å². The Morgan fingerprint density at radius 3 is 1.11 bits per heavy atom. The lowest BCUT2D eigenvalue weighted by Crippen LogP contribution is -3.98. The minimum Gasteiger partial charge on any atom is -0.396 e. The van der Waals surface area contributed by atoms with Crippen molar-refractivity contribution in [2.45, 2.75) is 0 Å². The average molecular weight is 250 g/mol. The van der Waals surface area contributed by atoms with Gasteiger partial charge in [-0.05, 0) is 3.44 Å². The van der Waals surface area contributed by atoms with E-state index >= 15 is 0 Å². The Morgan fingerprint density at radius 1 is 1.11 bits per heavy atom. The number of quaternary nitrogens is 1. The lowest BCUT2D eigenvalue weighted by molar-refractivity contribution is -1.63. The van der Waals surface area contributed by atoms with Gasteiger partial charge in [-0.25, -0.2) is 0 Å². The second-order valence-corrected chi connectivity index (χ2v) is 4.03. The van der Waals surface area contributed by atoms with E-state index in [-0.39, 0.29) is 0 Å². The third-order valence-corrected chi connectivity index (χ3v) is 0. The fourth-order valence-electron chi connectivity index (χ4n) is 0. The summed E-state index contributed by atoms with van der Waals surface area (Å²) in [7, 11) is 8.50. The van der Waals surface area contributed by atoms with Crippen LogP contribution in [0.2, 0.25) is 0 Å². The van der Waals surface area contributed by atoms with Gasteiger partial charge < -0.3 is 11.4 Å². The van der Waals surface area contributed by atoms with E-state index in [9.17, 15) is 0 Å². The summed E-state index contributed by atoms with van der Waals surface area (Å²) in [5, 5.41) is 0. The van der Waals surface area contributed by atoms with Crippen molar-refractivity contribution in [2.24, 2.45) is 0 Å². The summed E-state index contributed by atoms with van der Waals surface area (Å²) in [4.78, 5) is 0. The molecule has 0 aliphatic heterocycles. The van der Waals surface area contributed by atoms with Crippen LogP contribution in [0.5, 0.6) is 0 Å². The third kappa shape index (κ3) is 1140. The molecule has 0 atom stereocenters. The molecule has 0 spiro atoms. The highest BCUT2D eigenvalue weighted by molar-refractivity contribution is 3.87. The van der Waals surface area contributed by atoms with Crippen molar-refractivity contribution in [3.05, 3.63) is 0 Å². The first-order valence-electron chi connectivity index (χ1n) is 2.27. The molecule has 58 valence electrons. The smallest absolute Gasteiger partial charge is 0.396 e. The normalized spacial score (nSPS) is 10.7. The molecule has 0 amide bonds. The van der Waals surface area contributed by atoms with Crippen LogP contribution in [-0.2, 0) is 0 Å². The zero-order valence-corrected chi connectivity index (χ0v) is 8.25. The van der Waals surface area contributed by atoms with Crippen molar-refractivity contribution in [3.8, 4) is 0 Å². The summed E-state index contributed by atoms with van der Waals surface area (Å²) in [6.45, 7) is 0. The standard InChI is InChI=1S/C4H12N.HIO3/c1-5(2,3)4;2-1(3)4/h1-4H3;2H/q+1;. The van der Waals surface area contributed by atoms with Crippen molar-refractivity contribution in [1.82, 2.24) is 0 Å². The van der Waals surface area contributed by atoms with Gasteiger partial charge in [0, 0.05) is 0 Å². The average Bonchev–Trinajstić information content (AvgIpc) is 1.19. The van der Waals surface area contributed by atoms with Crippen molar-refractivity contribution in [1.29, 1.82) is 0 Å². The van der Waals surface area contributed by atoms with Crippen LogP contribution in [0.4, 0.5) is 0 Å². The van der Waals surface area contributed by atoms with Gasteiger partial charge in [-0.15, -0.1) is 0 Å². The zero-order chi connectivity index (χ0) is 8.08. The summed E-state index contributed by atoms with van der Waals surface area (Å²) in [5.41, 5.74) is 0. The van der Waals surface area contributed by atoms with Crippen LogP contribution in [0.1, 0.15) is 0 Å². The molecular weight excluding hydrogens is 237 g/mol. The minimum atomic E-state index is -3.76. The Balaban J connectivity index is 0. The number of nitrogens with zero attached hydrogens (tertiary/aromatic N) is 1. The molecule has 9 heavy (non-hydrogen) atoms. The van der Waals surface area contributed by atoms with E-state index in [1.807, 2.05) is 0 Å². The van der Waals surface area contributed by atoms with Crippen LogP contribution in [-0.4, -0.2) is 36.1 Å². The van der Waals surface area contributed by atoms with Gasteiger partial charge in [0.25, 0.3) is 0 Å². The van der Waals surface area contributed by atoms with Crippen LogP contribution in [0.25, 0.3) is 0 Å². The first-order chi connectivity index (χ1) is 3.73. The number of hydrogen-bond acceptors (Lipinski definition) is 3. The predicted molar refractivity (Wildman–Crippen MR) is 26.2 cm³/mol. The summed E-state index contributed by atoms with van der Waals surface area (Å²) < 4.78 is 25.5. The molecule has 0 saturated heterocycles. The van der Waals surface area contributed by atoms with Gasteiger partial charge in [0.1, 0.15) is 0 Å². The van der Waals surface area contributed by atoms with E-state index in [4.69, 9.17) is 10.3 Å². The van der Waals surface area contributed by atoms with Gasteiger partial charge >= 0.3 is 21.1 Å². The molecule has 0 bridgehead atoms. The molecule has 0 saturated carbocycles. The maximum Gasteiger partial charge on any atom is 0.503 e. The second kappa shape index (κ2) is 5.36. The van der Waals surface area contributed by atoms with E-state index in [2.05, 4.69) is 28.2 Å². The fraction of sp³-hybridized carbons (Fsp3) is 1.00. The summed E-state index contributed by atoms with van der Waals surface area (Å²) in [6, 6.07) is 0. The highest BCUT2D eigenvalue weighted by Gasteiger charge is 1.90. The van der Waals surface area contributed by atoms with E-state index in [1.165, 1.54) is 0 Å². The molecule has 0 radical (unpaired) electrons. The Labute approximate surface area is 64.4 Å². The second-order valence-electron chi connectivity index (χ2n) is 2.88. The van der Waals surface area contributed by atoms with Crippen molar-refractivity contribution in [3.63, 3.8) is 0 Å². The van der Waals surface area contributed by atoms with Gasteiger partial charge in [-0.2, -0.15) is 0 Å². The van der Waals surface area contributed by atoms with E-state index in [0.717, 1.165) is 4.48 Å². The van der Waals surface area contributed by atoms with Gasteiger partial charge in [-0.1, -0.05) is 0 Å². The Bertz CT molecular complexity index is 52.6. The SMILES string of the molecule is C[N+](C)(C)C.[O-][I+2]([O-])O. The molecule has 0 aromatic carbocycles.